The number of aryl methyl sites for hydroxylation is 2. The van der Waals surface area contributed by atoms with Gasteiger partial charge in [-0.3, -0.25) is 0 Å². The van der Waals surface area contributed by atoms with E-state index < -0.39 is 0 Å². The first-order valence-corrected chi connectivity index (χ1v) is 8.71. The molecular weight excluding hydrogens is 341 g/mol. The third-order valence-corrected chi connectivity index (χ3v) is 4.72. The Kier molecular flexibility index (Phi) is 4.24. The summed E-state index contributed by atoms with van der Waals surface area (Å²) in [5.74, 6) is 0.754. The third kappa shape index (κ3) is 3.33. The van der Waals surface area contributed by atoms with Crippen LogP contribution in [-0.4, -0.2) is 15.0 Å². The quantitative estimate of drug-likeness (QED) is 0.497. The van der Waals surface area contributed by atoms with Gasteiger partial charge < -0.3 is 16.0 Å². The van der Waals surface area contributed by atoms with Crippen molar-refractivity contribution in [3.63, 3.8) is 0 Å². The molecule has 0 saturated heterocycles. The topological polar surface area (TPSA) is 79.6 Å². The number of benzene rings is 2. The first kappa shape index (κ1) is 17.0. The molecule has 0 aliphatic heterocycles. The number of nitrogens with zero attached hydrogens (tertiary/aromatic N) is 2. The standard InChI is InChI=1S/C21H20FN5/c1-12-10-24-21(27-20(12)23)25-11-14-3-8-18-17(9-14)13(2)19(26-18)15-4-6-16(22)7-5-15/h3-10,26H,11H2,1-2H3,(H3,23,24,25,27). The number of H-pyrrole nitrogens is 1. The van der Waals surface area contributed by atoms with Gasteiger partial charge >= 0.3 is 0 Å². The maximum atomic E-state index is 13.2. The van der Waals surface area contributed by atoms with Crippen LogP contribution in [0.1, 0.15) is 16.7 Å². The molecule has 0 fully saturated rings. The van der Waals surface area contributed by atoms with Crippen molar-refractivity contribution in [2.45, 2.75) is 20.4 Å². The van der Waals surface area contributed by atoms with Crippen LogP contribution in [-0.2, 0) is 6.54 Å². The van der Waals surface area contributed by atoms with Crippen molar-refractivity contribution in [3.8, 4) is 11.3 Å². The van der Waals surface area contributed by atoms with Crippen molar-refractivity contribution in [2.75, 3.05) is 11.1 Å². The fraction of sp³-hybridized carbons (Fsp3) is 0.143. The molecule has 27 heavy (non-hydrogen) atoms. The Hall–Kier alpha value is -3.41. The second kappa shape index (κ2) is 6.72. The van der Waals surface area contributed by atoms with Crippen LogP contribution in [0.5, 0.6) is 0 Å². The van der Waals surface area contributed by atoms with Gasteiger partial charge in [0.1, 0.15) is 11.6 Å². The molecule has 0 spiro atoms. The van der Waals surface area contributed by atoms with Gasteiger partial charge in [0.2, 0.25) is 5.95 Å². The largest absolute Gasteiger partial charge is 0.383 e. The zero-order valence-electron chi connectivity index (χ0n) is 15.2. The number of aromatic amines is 1. The van der Waals surface area contributed by atoms with E-state index in [0.717, 1.165) is 38.9 Å². The van der Waals surface area contributed by atoms with Gasteiger partial charge in [0.25, 0.3) is 0 Å². The summed E-state index contributed by atoms with van der Waals surface area (Å²) in [5.41, 5.74) is 12.0. The minimum absolute atomic E-state index is 0.236. The Labute approximate surface area is 156 Å². The predicted molar refractivity (Wildman–Crippen MR) is 107 cm³/mol. The molecule has 6 heteroatoms. The van der Waals surface area contributed by atoms with Crippen molar-refractivity contribution in [1.29, 1.82) is 0 Å². The van der Waals surface area contributed by atoms with Gasteiger partial charge in [0.05, 0.1) is 0 Å². The molecule has 2 heterocycles. The average Bonchev–Trinajstić information content (AvgIpc) is 3.00. The third-order valence-electron chi connectivity index (χ3n) is 4.72. The second-order valence-corrected chi connectivity index (χ2v) is 6.63. The SMILES string of the molecule is Cc1cnc(NCc2ccc3[nH]c(-c4ccc(F)cc4)c(C)c3c2)nc1N. The van der Waals surface area contributed by atoms with Gasteiger partial charge in [0, 0.05) is 34.9 Å². The number of anilines is 2. The molecule has 0 aliphatic carbocycles. The van der Waals surface area contributed by atoms with E-state index >= 15 is 0 Å². The van der Waals surface area contributed by atoms with E-state index in [2.05, 4.69) is 45.4 Å². The van der Waals surface area contributed by atoms with Crippen LogP contribution in [0.3, 0.4) is 0 Å². The number of nitrogens with one attached hydrogen (secondary N) is 2. The fourth-order valence-electron chi connectivity index (χ4n) is 3.11. The van der Waals surface area contributed by atoms with Crippen molar-refractivity contribution in [3.05, 3.63) is 71.2 Å². The van der Waals surface area contributed by atoms with Crippen LogP contribution < -0.4 is 11.1 Å². The molecule has 0 saturated carbocycles. The van der Waals surface area contributed by atoms with Crippen molar-refractivity contribution in [1.82, 2.24) is 15.0 Å². The number of hydrogen-bond acceptors (Lipinski definition) is 4. The first-order chi connectivity index (χ1) is 13.0. The van der Waals surface area contributed by atoms with Gasteiger partial charge in [0.15, 0.2) is 0 Å². The maximum absolute atomic E-state index is 13.2. The zero-order valence-corrected chi connectivity index (χ0v) is 15.2. The van der Waals surface area contributed by atoms with E-state index in [0.29, 0.717) is 18.3 Å². The lowest BCUT2D eigenvalue weighted by Crippen LogP contribution is -2.06. The van der Waals surface area contributed by atoms with Crippen LogP contribution in [0, 0.1) is 19.7 Å². The average molecular weight is 361 g/mol. The first-order valence-electron chi connectivity index (χ1n) is 8.71. The number of aromatic nitrogens is 3. The highest BCUT2D eigenvalue weighted by Crippen LogP contribution is 2.30. The van der Waals surface area contributed by atoms with Gasteiger partial charge in [-0.05, 0) is 66.9 Å². The van der Waals surface area contributed by atoms with Crippen LogP contribution in [0.4, 0.5) is 16.2 Å². The molecule has 4 rings (SSSR count). The summed E-state index contributed by atoms with van der Waals surface area (Å²) in [6.07, 6.45) is 1.71. The lowest BCUT2D eigenvalue weighted by Gasteiger charge is -2.07. The molecular formula is C21H20FN5. The summed E-state index contributed by atoms with van der Waals surface area (Å²) in [6.45, 7) is 4.54. The number of rotatable bonds is 4. The number of fused-ring (bicyclic) bond motifs is 1. The molecule has 0 atom stereocenters. The normalized spacial score (nSPS) is 11.1. The molecule has 0 bridgehead atoms. The molecule has 0 unspecified atom stereocenters. The number of hydrogen-bond donors (Lipinski definition) is 3. The summed E-state index contributed by atoms with van der Waals surface area (Å²) in [5, 5.41) is 4.34. The van der Waals surface area contributed by atoms with E-state index in [1.165, 1.54) is 12.1 Å². The lowest BCUT2D eigenvalue weighted by atomic mass is 10.1. The van der Waals surface area contributed by atoms with Gasteiger partial charge in [-0.2, -0.15) is 4.98 Å². The van der Waals surface area contributed by atoms with Crippen molar-refractivity contribution >= 4 is 22.7 Å². The highest BCUT2D eigenvalue weighted by atomic mass is 19.1. The van der Waals surface area contributed by atoms with Gasteiger partial charge in [-0.1, -0.05) is 6.07 Å². The predicted octanol–water partition coefficient (Wildman–Crippen LogP) is 4.58. The summed E-state index contributed by atoms with van der Waals surface area (Å²) in [6, 6.07) is 12.8. The molecule has 0 radical (unpaired) electrons. The maximum Gasteiger partial charge on any atom is 0.224 e. The highest BCUT2D eigenvalue weighted by molar-refractivity contribution is 5.91. The molecule has 2 aromatic carbocycles. The van der Waals surface area contributed by atoms with E-state index in [1.54, 1.807) is 18.3 Å². The van der Waals surface area contributed by atoms with Crippen LogP contribution in [0.2, 0.25) is 0 Å². The molecule has 0 amide bonds. The Morgan fingerprint density at radius 1 is 1.11 bits per heavy atom. The van der Waals surface area contributed by atoms with Crippen molar-refractivity contribution in [2.24, 2.45) is 0 Å². The minimum atomic E-state index is -0.236. The molecule has 4 N–H and O–H groups in total. The minimum Gasteiger partial charge on any atom is -0.383 e. The van der Waals surface area contributed by atoms with E-state index in [9.17, 15) is 4.39 Å². The smallest absolute Gasteiger partial charge is 0.224 e. The van der Waals surface area contributed by atoms with Crippen LogP contribution in [0.15, 0.2) is 48.7 Å². The summed E-state index contributed by atoms with van der Waals surface area (Å²) >= 11 is 0. The summed E-state index contributed by atoms with van der Waals surface area (Å²) < 4.78 is 13.2. The Bertz CT molecular complexity index is 1120. The van der Waals surface area contributed by atoms with Gasteiger partial charge in [-0.15, -0.1) is 0 Å². The van der Waals surface area contributed by atoms with Crippen LogP contribution in [0.25, 0.3) is 22.2 Å². The second-order valence-electron chi connectivity index (χ2n) is 6.63. The van der Waals surface area contributed by atoms with Gasteiger partial charge in [-0.25, -0.2) is 9.37 Å². The molecule has 136 valence electrons. The lowest BCUT2D eigenvalue weighted by molar-refractivity contribution is 0.628. The molecule has 0 aliphatic rings. The molecule has 4 aromatic rings. The van der Waals surface area contributed by atoms with Crippen LogP contribution >= 0.6 is 0 Å². The fourth-order valence-corrected chi connectivity index (χ4v) is 3.11. The van der Waals surface area contributed by atoms with E-state index in [-0.39, 0.29) is 5.82 Å². The van der Waals surface area contributed by atoms with Crippen molar-refractivity contribution < 1.29 is 4.39 Å². The monoisotopic (exact) mass is 361 g/mol. The summed E-state index contributed by atoms with van der Waals surface area (Å²) in [7, 11) is 0. The summed E-state index contributed by atoms with van der Waals surface area (Å²) in [4.78, 5) is 11.9. The Balaban J connectivity index is 1.61. The van der Waals surface area contributed by atoms with E-state index in [4.69, 9.17) is 5.73 Å². The molecule has 5 nitrogen and oxygen atoms in total. The van der Waals surface area contributed by atoms with E-state index in [1.807, 2.05) is 6.92 Å². The number of halogens is 1. The number of nitrogens with two attached hydrogens (primary N) is 1. The number of nitrogen functional groups attached to an aromatic ring is 1. The molecule has 2 aromatic heterocycles. The zero-order chi connectivity index (χ0) is 19.0. The Morgan fingerprint density at radius 2 is 1.89 bits per heavy atom. The highest BCUT2D eigenvalue weighted by Gasteiger charge is 2.10. The Morgan fingerprint density at radius 3 is 2.63 bits per heavy atom.